The molecule has 0 aliphatic carbocycles. The number of nitrogens with one attached hydrogen (secondary N) is 1. The van der Waals surface area contributed by atoms with E-state index in [1.54, 1.807) is 43.3 Å². The second-order valence-electron chi connectivity index (χ2n) is 5.68. The van der Waals surface area contributed by atoms with Crippen LogP contribution in [0.4, 0.5) is 0 Å². The summed E-state index contributed by atoms with van der Waals surface area (Å²) in [5.41, 5.74) is 1.05. The molecule has 0 radical (unpaired) electrons. The Morgan fingerprint density at radius 3 is 2.50 bits per heavy atom. The first kappa shape index (κ1) is 20.1. The van der Waals surface area contributed by atoms with Crippen molar-refractivity contribution in [3.63, 3.8) is 0 Å². The van der Waals surface area contributed by atoms with Gasteiger partial charge in [-0.2, -0.15) is 0 Å². The van der Waals surface area contributed by atoms with Crippen molar-refractivity contribution < 1.29 is 19.1 Å². The molecule has 2 aromatic rings. The number of benzene rings is 2. The fourth-order valence-electron chi connectivity index (χ4n) is 2.36. The molecule has 0 saturated heterocycles. The summed E-state index contributed by atoms with van der Waals surface area (Å²) in [7, 11) is 1.50. The Morgan fingerprint density at radius 1 is 1.15 bits per heavy atom. The van der Waals surface area contributed by atoms with Crippen LogP contribution >= 0.6 is 23.2 Å². The topological polar surface area (TPSA) is 64.6 Å². The Bertz CT molecular complexity index is 810. The van der Waals surface area contributed by atoms with E-state index in [4.69, 9.17) is 32.7 Å². The van der Waals surface area contributed by atoms with Gasteiger partial charge in [-0.15, -0.1) is 0 Å². The Kier molecular flexibility index (Phi) is 6.89. The van der Waals surface area contributed by atoms with E-state index in [1.807, 2.05) is 6.92 Å². The SMILES string of the molecule is COc1ccc(O[C@H](C)C(=O)N[C@@H](C)c2ccc(Cl)cc2Cl)c(C=O)c1. The van der Waals surface area contributed by atoms with Crippen LogP contribution in [0.15, 0.2) is 36.4 Å². The normalized spacial score (nSPS) is 12.8. The van der Waals surface area contributed by atoms with Crippen LogP contribution in [0.25, 0.3) is 0 Å². The number of ether oxygens (including phenoxy) is 2. The molecule has 0 fully saturated rings. The standard InChI is InChI=1S/C19H19Cl2NO4/c1-11(16-6-4-14(20)9-17(16)21)22-19(24)12(2)26-18-7-5-15(25-3)8-13(18)10-23/h4-12H,1-3H3,(H,22,24)/t11-,12+/m0/s1. The fourth-order valence-corrected chi connectivity index (χ4v) is 2.93. The monoisotopic (exact) mass is 395 g/mol. The maximum atomic E-state index is 12.4. The summed E-state index contributed by atoms with van der Waals surface area (Å²) < 4.78 is 10.7. The molecule has 0 heterocycles. The van der Waals surface area contributed by atoms with Crippen LogP contribution in [0, 0.1) is 0 Å². The number of aldehydes is 1. The van der Waals surface area contributed by atoms with Crippen LogP contribution in [0.2, 0.25) is 10.0 Å². The molecular formula is C19H19Cl2NO4. The lowest BCUT2D eigenvalue weighted by Crippen LogP contribution is -2.38. The zero-order valence-corrected chi connectivity index (χ0v) is 16.1. The van der Waals surface area contributed by atoms with Crippen LogP contribution in [0.3, 0.4) is 0 Å². The quantitative estimate of drug-likeness (QED) is 0.702. The number of methoxy groups -OCH3 is 1. The average molecular weight is 396 g/mol. The number of hydrogen-bond donors (Lipinski definition) is 1. The van der Waals surface area contributed by atoms with Crippen molar-refractivity contribution in [3.05, 3.63) is 57.6 Å². The van der Waals surface area contributed by atoms with E-state index in [-0.39, 0.29) is 11.9 Å². The zero-order chi connectivity index (χ0) is 19.3. The van der Waals surface area contributed by atoms with E-state index in [0.717, 1.165) is 5.56 Å². The van der Waals surface area contributed by atoms with Crippen molar-refractivity contribution in [2.24, 2.45) is 0 Å². The Hall–Kier alpha value is -2.24. The van der Waals surface area contributed by atoms with Crippen LogP contribution in [0.1, 0.15) is 35.8 Å². The third-order valence-corrected chi connectivity index (χ3v) is 4.37. The number of carbonyl (C=O) groups excluding carboxylic acids is 2. The summed E-state index contributed by atoms with van der Waals surface area (Å²) >= 11 is 12.1. The first-order valence-corrected chi connectivity index (χ1v) is 8.66. The van der Waals surface area contributed by atoms with Gasteiger partial charge >= 0.3 is 0 Å². The van der Waals surface area contributed by atoms with Crippen LogP contribution in [-0.4, -0.2) is 25.4 Å². The number of halogens is 2. The maximum absolute atomic E-state index is 12.4. The van der Waals surface area contributed by atoms with Gasteiger partial charge in [-0.3, -0.25) is 9.59 Å². The van der Waals surface area contributed by atoms with Gasteiger partial charge in [0.1, 0.15) is 11.5 Å². The molecule has 7 heteroatoms. The van der Waals surface area contributed by atoms with Crippen molar-refractivity contribution in [1.29, 1.82) is 0 Å². The first-order chi connectivity index (χ1) is 12.3. The summed E-state index contributed by atoms with van der Waals surface area (Å²) in [5, 5.41) is 3.82. The Labute approximate surface area is 162 Å². The molecule has 5 nitrogen and oxygen atoms in total. The minimum Gasteiger partial charge on any atom is -0.497 e. The largest absolute Gasteiger partial charge is 0.497 e. The summed E-state index contributed by atoms with van der Waals surface area (Å²) in [6.07, 6.45) is -0.158. The lowest BCUT2D eigenvalue weighted by molar-refractivity contribution is -0.127. The molecule has 0 aliphatic rings. The van der Waals surface area contributed by atoms with E-state index in [0.29, 0.717) is 33.4 Å². The molecule has 0 aliphatic heterocycles. The van der Waals surface area contributed by atoms with Crippen molar-refractivity contribution >= 4 is 35.4 Å². The average Bonchev–Trinajstić information content (AvgIpc) is 2.61. The number of carbonyl (C=O) groups is 2. The van der Waals surface area contributed by atoms with Gasteiger partial charge in [0.25, 0.3) is 5.91 Å². The molecule has 1 amide bonds. The van der Waals surface area contributed by atoms with Crippen LogP contribution in [-0.2, 0) is 4.79 Å². The van der Waals surface area contributed by atoms with Gasteiger partial charge in [-0.05, 0) is 49.7 Å². The Morgan fingerprint density at radius 2 is 1.88 bits per heavy atom. The van der Waals surface area contributed by atoms with Crippen molar-refractivity contribution in [2.75, 3.05) is 7.11 Å². The lowest BCUT2D eigenvalue weighted by Gasteiger charge is -2.20. The van der Waals surface area contributed by atoms with Gasteiger partial charge in [-0.1, -0.05) is 29.3 Å². The minimum absolute atomic E-state index is 0.304. The van der Waals surface area contributed by atoms with E-state index in [2.05, 4.69) is 5.32 Å². The molecular weight excluding hydrogens is 377 g/mol. The van der Waals surface area contributed by atoms with Crippen molar-refractivity contribution in [3.8, 4) is 11.5 Å². The van der Waals surface area contributed by atoms with Gasteiger partial charge in [0.15, 0.2) is 12.4 Å². The Balaban J connectivity index is 2.06. The van der Waals surface area contributed by atoms with E-state index in [9.17, 15) is 9.59 Å². The second kappa shape index (κ2) is 8.92. The second-order valence-corrected chi connectivity index (χ2v) is 6.52. The lowest BCUT2D eigenvalue weighted by atomic mass is 10.1. The summed E-state index contributed by atoms with van der Waals surface area (Å²) in [4.78, 5) is 23.6. The minimum atomic E-state index is -0.810. The molecule has 0 bridgehead atoms. The van der Waals surface area contributed by atoms with Gasteiger partial charge < -0.3 is 14.8 Å². The highest BCUT2D eigenvalue weighted by atomic mass is 35.5. The fraction of sp³-hybridized carbons (Fsp3) is 0.263. The molecule has 2 atom stereocenters. The third kappa shape index (κ3) is 4.90. The van der Waals surface area contributed by atoms with Crippen LogP contribution < -0.4 is 14.8 Å². The molecule has 0 aromatic heterocycles. The van der Waals surface area contributed by atoms with Crippen LogP contribution in [0.5, 0.6) is 11.5 Å². The predicted molar refractivity (Wildman–Crippen MR) is 101 cm³/mol. The van der Waals surface area contributed by atoms with Crippen molar-refractivity contribution in [2.45, 2.75) is 26.0 Å². The molecule has 0 saturated carbocycles. The number of amides is 1. The molecule has 1 N–H and O–H groups in total. The highest BCUT2D eigenvalue weighted by Gasteiger charge is 2.20. The smallest absolute Gasteiger partial charge is 0.261 e. The summed E-state index contributed by atoms with van der Waals surface area (Å²) in [5.74, 6) is 0.499. The van der Waals surface area contributed by atoms with Gasteiger partial charge in [-0.25, -0.2) is 0 Å². The van der Waals surface area contributed by atoms with Gasteiger partial charge in [0, 0.05) is 10.0 Å². The van der Waals surface area contributed by atoms with E-state index in [1.165, 1.54) is 7.11 Å². The van der Waals surface area contributed by atoms with Crippen molar-refractivity contribution in [1.82, 2.24) is 5.32 Å². The van der Waals surface area contributed by atoms with Gasteiger partial charge in [0.2, 0.25) is 0 Å². The van der Waals surface area contributed by atoms with E-state index >= 15 is 0 Å². The molecule has 0 spiro atoms. The highest BCUT2D eigenvalue weighted by Crippen LogP contribution is 2.27. The summed E-state index contributed by atoms with van der Waals surface area (Å²) in [6, 6.07) is 9.54. The third-order valence-electron chi connectivity index (χ3n) is 3.80. The zero-order valence-electron chi connectivity index (χ0n) is 14.6. The first-order valence-electron chi connectivity index (χ1n) is 7.91. The number of rotatable bonds is 7. The maximum Gasteiger partial charge on any atom is 0.261 e. The highest BCUT2D eigenvalue weighted by molar-refractivity contribution is 6.35. The number of hydrogen-bond acceptors (Lipinski definition) is 4. The molecule has 138 valence electrons. The molecule has 2 aromatic carbocycles. The molecule has 0 unspecified atom stereocenters. The van der Waals surface area contributed by atoms with E-state index < -0.39 is 6.10 Å². The predicted octanol–water partition coefficient (Wildman–Crippen LogP) is 4.46. The van der Waals surface area contributed by atoms with Gasteiger partial charge in [0.05, 0.1) is 18.7 Å². The molecule has 2 rings (SSSR count). The molecule has 26 heavy (non-hydrogen) atoms. The summed E-state index contributed by atoms with van der Waals surface area (Å²) in [6.45, 7) is 3.41.